The Morgan fingerprint density at radius 2 is 1.88 bits per heavy atom. The van der Waals surface area contributed by atoms with Crippen LogP contribution in [0.1, 0.15) is 25.8 Å². The van der Waals surface area contributed by atoms with E-state index in [1.807, 2.05) is 23.1 Å². The van der Waals surface area contributed by atoms with E-state index in [0.717, 1.165) is 23.5 Å². The minimum atomic E-state index is 0.0984. The summed E-state index contributed by atoms with van der Waals surface area (Å²) in [4.78, 5) is 20.5. The average molecular weight is 348 g/mol. The van der Waals surface area contributed by atoms with Gasteiger partial charge in [0.25, 0.3) is 0 Å². The monoisotopic (exact) mass is 348 g/mol. The van der Waals surface area contributed by atoms with Crippen molar-refractivity contribution >= 4 is 23.1 Å². The van der Waals surface area contributed by atoms with Crippen LogP contribution in [0.15, 0.2) is 53.9 Å². The van der Waals surface area contributed by atoms with E-state index >= 15 is 0 Å². The lowest BCUT2D eigenvalue weighted by molar-refractivity contribution is -0.119. The maximum absolute atomic E-state index is 12.5. The molecule has 1 amide bonds. The summed E-state index contributed by atoms with van der Waals surface area (Å²) in [5.41, 5.74) is 4.39. The van der Waals surface area contributed by atoms with Crippen molar-refractivity contribution in [3.63, 3.8) is 0 Å². The Morgan fingerprint density at radius 3 is 2.56 bits per heavy atom. The Bertz CT molecular complexity index is 901. The predicted octanol–water partition coefficient (Wildman–Crippen LogP) is 5.16. The summed E-state index contributed by atoms with van der Waals surface area (Å²) in [6, 6.07) is 16.7. The number of nitrogens with zero attached hydrogens (tertiary/aromatic N) is 2. The number of carbonyl (C=O) groups is 1. The summed E-state index contributed by atoms with van der Waals surface area (Å²) in [5.74, 6) is 0.994. The van der Waals surface area contributed by atoms with Gasteiger partial charge in [0, 0.05) is 34.0 Å². The Hall–Kier alpha value is -2.46. The molecule has 4 rings (SSSR count). The zero-order valence-electron chi connectivity index (χ0n) is 14.4. The van der Waals surface area contributed by atoms with E-state index in [1.54, 1.807) is 11.3 Å². The highest BCUT2D eigenvalue weighted by Crippen LogP contribution is 2.39. The maximum atomic E-state index is 12.5. The number of amides is 1. The van der Waals surface area contributed by atoms with Gasteiger partial charge in [0.2, 0.25) is 5.91 Å². The number of anilines is 1. The van der Waals surface area contributed by atoms with Crippen molar-refractivity contribution in [2.75, 3.05) is 4.90 Å². The number of aromatic nitrogens is 1. The molecule has 0 spiro atoms. The van der Waals surface area contributed by atoms with Crippen molar-refractivity contribution < 1.29 is 4.79 Å². The highest BCUT2D eigenvalue weighted by molar-refractivity contribution is 7.13. The lowest BCUT2D eigenvalue weighted by Gasteiger charge is -2.33. The van der Waals surface area contributed by atoms with Crippen molar-refractivity contribution in [2.24, 2.45) is 0 Å². The third-order valence-corrected chi connectivity index (χ3v) is 5.46. The molecule has 0 radical (unpaired) electrons. The molecule has 1 aromatic carbocycles. The third-order valence-electron chi connectivity index (χ3n) is 4.56. The normalized spacial score (nSPS) is 14.0. The summed E-state index contributed by atoms with van der Waals surface area (Å²) >= 11 is 1.73. The molecule has 3 nitrogen and oxygen atoms in total. The fraction of sp³-hybridized carbons (Fsp3) is 0.238. The van der Waals surface area contributed by atoms with Gasteiger partial charge in [0.05, 0.1) is 5.69 Å². The number of fused-ring (bicyclic) bond motifs is 1. The van der Waals surface area contributed by atoms with E-state index in [9.17, 15) is 4.79 Å². The van der Waals surface area contributed by atoms with Crippen molar-refractivity contribution in [3.05, 3.63) is 59.5 Å². The lowest BCUT2D eigenvalue weighted by atomic mass is 9.95. The van der Waals surface area contributed by atoms with Gasteiger partial charge in [-0.2, -0.15) is 0 Å². The van der Waals surface area contributed by atoms with Crippen LogP contribution in [0, 0.1) is 0 Å². The van der Waals surface area contributed by atoms with Gasteiger partial charge in [-0.3, -0.25) is 9.69 Å². The van der Waals surface area contributed by atoms with Gasteiger partial charge in [-0.25, -0.2) is 4.98 Å². The number of thiophene rings is 1. The molecular formula is C21H20N2OS. The van der Waals surface area contributed by atoms with Crippen LogP contribution in [0.3, 0.4) is 0 Å². The summed E-state index contributed by atoms with van der Waals surface area (Å²) < 4.78 is 0. The quantitative estimate of drug-likeness (QED) is 0.654. The smallest absolute Gasteiger partial charge is 0.228 e. The van der Waals surface area contributed by atoms with E-state index < -0.39 is 0 Å². The second-order valence-electron chi connectivity index (χ2n) is 6.56. The molecule has 0 bridgehead atoms. The zero-order chi connectivity index (χ0) is 17.4. The molecule has 126 valence electrons. The first kappa shape index (κ1) is 16.0. The predicted molar refractivity (Wildman–Crippen MR) is 104 cm³/mol. The lowest BCUT2D eigenvalue weighted by Crippen LogP contribution is -2.41. The summed E-state index contributed by atoms with van der Waals surface area (Å²) in [7, 11) is 0. The van der Waals surface area contributed by atoms with Gasteiger partial charge in [-0.15, -0.1) is 11.3 Å². The molecule has 0 atom stereocenters. The molecule has 2 aromatic heterocycles. The molecule has 0 saturated heterocycles. The largest absolute Gasteiger partial charge is 0.294 e. The summed E-state index contributed by atoms with van der Waals surface area (Å²) in [5, 5.41) is 2.10. The van der Waals surface area contributed by atoms with E-state index in [2.05, 4.69) is 49.6 Å². The van der Waals surface area contributed by atoms with Crippen molar-refractivity contribution in [1.29, 1.82) is 0 Å². The Balaban J connectivity index is 1.98. The van der Waals surface area contributed by atoms with Gasteiger partial charge in [-0.05, 0) is 37.8 Å². The zero-order valence-corrected chi connectivity index (χ0v) is 15.2. The summed E-state index contributed by atoms with van der Waals surface area (Å²) in [6.45, 7) is 4.10. The van der Waals surface area contributed by atoms with Crippen LogP contribution < -0.4 is 4.90 Å². The van der Waals surface area contributed by atoms with Crippen molar-refractivity contribution in [1.82, 2.24) is 4.98 Å². The number of hydrogen-bond donors (Lipinski definition) is 0. The Kier molecular flexibility index (Phi) is 4.14. The fourth-order valence-electron chi connectivity index (χ4n) is 3.42. The number of carbonyl (C=O) groups excluding carboxylic acids is 1. The van der Waals surface area contributed by atoms with Crippen LogP contribution in [0.5, 0.6) is 0 Å². The molecule has 0 saturated carbocycles. The van der Waals surface area contributed by atoms with E-state index in [-0.39, 0.29) is 11.9 Å². The third kappa shape index (κ3) is 2.87. The molecule has 3 heterocycles. The molecule has 0 unspecified atom stereocenters. The highest BCUT2D eigenvalue weighted by atomic mass is 32.1. The van der Waals surface area contributed by atoms with Gasteiger partial charge < -0.3 is 0 Å². The number of benzene rings is 1. The summed E-state index contributed by atoms with van der Waals surface area (Å²) in [6.07, 6.45) is 1.31. The topological polar surface area (TPSA) is 33.2 Å². The minimum absolute atomic E-state index is 0.0984. The Labute approximate surface area is 152 Å². The van der Waals surface area contributed by atoms with Crippen LogP contribution in [0.2, 0.25) is 0 Å². The fourth-order valence-corrected chi connectivity index (χ4v) is 4.19. The van der Waals surface area contributed by atoms with Crippen LogP contribution in [-0.4, -0.2) is 16.9 Å². The second-order valence-corrected chi connectivity index (χ2v) is 7.51. The van der Waals surface area contributed by atoms with Gasteiger partial charge >= 0.3 is 0 Å². The van der Waals surface area contributed by atoms with Crippen molar-refractivity contribution in [3.8, 4) is 21.7 Å². The standard InChI is InChI=1S/C21H20N2OS/c1-14(2)23-20(24)11-10-16-17(19-9-6-12-25-19)13-18(22-21(16)23)15-7-4-3-5-8-15/h3-9,12-14H,10-11H2,1-2H3. The highest BCUT2D eigenvalue weighted by Gasteiger charge is 2.30. The van der Waals surface area contributed by atoms with E-state index in [1.165, 1.54) is 16.0 Å². The van der Waals surface area contributed by atoms with Gasteiger partial charge in [0.15, 0.2) is 0 Å². The van der Waals surface area contributed by atoms with Crippen LogP contribution in [0.25, 0.3) is 21.7 Å². The molecule has 25 heavy (non-hydrogen) atoms. The molecule has 3 aromatic rings. The first-order valence-electron chi connectivity index (χ1n) is 8.60. The van der Waals surface area contributed by atoms with Crippen LogP contribution in [-0.2, 0) is 11.2 Å². The van der Waals surface area contributed by atoms with Crippen LogP contribution in [0.4, 0.5) is 5.82 Å². The average Bonchev–Trinajstić information content (AvgIpc) is 3.15. The van der Waals surface area contributed by atoms with Crippen LogP contribution >= 0.6 is 11.3 Å². The van der Waals surface area contributed by atoms with Crippen molar-refractivity contribution in [2.45, 2.75) is 32.7 Å². The van der Waals surface area contributed by atoms with Gasteiger partial charge in [-0.1, -0.05) is 36.4 Å². The number of rotatable bonds is 3. The first-order chi connectivity index (χ1) is 12.1. The number of pyridine rings is 1. The molecule has 4 heteroatoms. The molecule has 0 fully saturated rings. The second kappa shape index (κ2) is 6.45. The Morgan fingerprint density at radius 1 is 1.08 bits per heavy atom. The maximum Gasteiger partial charge on any atom is 0.228 e. The molecular weight excluding hydrogens is 328 g/mol. The molecule has 0 aliphatic carbocycles. The number of hydrogen-bond acceptors (Lipinski definition) is 3. The SMILES string of the molecule is CC(C)N1C(=O)CCc2c(-c3cccs3)cc(-c3ccccc3)nc21. The van der Waals surface area contributed by atoms with E-state index in [4.69, 9.17) is 4.98 Å². The minimum Gasteiger partial charge on any atom is -0.294 e. The molecule has 1 aliphatic rings. The van der Waals surface area contributed by atoms with Gasteiger partial charge in [0.1, 0.15) is 5.82 Å². The molecule has 0 N–H and O–H groups in total. The van der Waals surface area contributed by atoms with E-state index in [0.29, 0.717) is 6.42 Å². The first-order valence-corrected chi connectivity index (χ1v) is 9.48. The molecule has 1 aliphatic heterocycles.